The molecule has 1 aromatic carbocycles. The second kappa shape index (κ2) is 6.52. The smallest absolute Gasteiger partial charge is 0.217 e. The molecule has 1 aromatic rings. The summed E-state index contributed by atoms with van der Waals surface area (Å²) in [6.07, 6.45) is 0.0919. The van der Waals surface area contributed by atoms with Crippen LogP contribution in [-0.4, -0.2) is 36.8 Å². The topological polar surface area (TPSA) is 132 Å². The van der Waals surface area contributed by atoms with Crippen molar-refractivity contribution in [2.75, 3.05) is 13.2 Å². The molecule has 3 saturated heterocycles. The number of nitriles is 3. The molecule has 1 N–H and O–H groups in total. The minimum absolute atomic E-state index is 0.223. The highest BCUT2D eigenvalue weighted by atomic mass is 16.7. The van der Waals surface area contributed by atoms with Gasteiger partial charge in [0.2, 0.25) is 11.7 Å². The first kappa shape index (κ1) is 20.0. The van der Waals surface area contributed by atoms with E-state index in [-0.39, 0.29) is 18.2 Å². The van der Waals surface area contributed by atoms with Crippen LogP contribution in [0.3, 0.4) is 0 Å². The summed E-state index contributed by atoms with van der Waals surface area (Å²) in [5.74, 6) is -3.65. The highest BCUT2D eigenvalue weighted by Gasteiger charge is 2.82. The molecule has 0 aromatic heterocycles. The van der Waals surface area contributed by atoms with Gasteiger partial charge in [0.25, 0.3) is 0 Å². The van der Waals surface area contributed by atoms with Gasteiger partial charge in [0.1, 0.15) is 6.10 Å². The van der Waals surface area contributed by atoms with Crippen molar-refractivity contribution >= 4 is 5.90 Å². The predicted octanol–water partition coefficient (Wildman–Crippen LogP) is 2.98. The second-order valence-electron chi connectivity index (χ2n) is 8.80. The van der Waals surface area contributed by atoms with Crippen LogP contribution in [-0.2, 0) is 18.9 Å². The molecular formula is C23H22N4O4. The first-order valence-corrected chi connectivity index (χ1v) is 10.4. The lowest BCUT2D eigenvalue weighted by molar-refractivity contribution is -0.330. The molecule has 5 atom stereocenters. The predicted molar refractivity (Wildman–Crippen MR) is 105 cm³/mol. The first-order valence-electron chi connectivity index (χ1n) is 10.4. The van der Waals surface area contributed by atoms with Gasteiger partial charge in [0, 0.05) is 25.2 Å². The van der Waals surface area contributed by atoms with Crippen molar-refractivity contribution in [2.45, 2.75) is 49.8 Å². The van der Waals surface area contributed by atoms with Crippen molar-refractivity contribution in [1.82, 2.24) is 0 Å². The maximum absolute atomic E-state index is 10.5. The Morgan fingerprint density at radius 1 is 1.03 bits per heavy atom. The SMILES string of the molecule is CC(c1ccccc1)C1OC23CCC4(CC2C(C#N)(C(=N)O3)C1(C#N)C#N)OCCO4. The van der Waals surface area contributed by atoms with Crippen LogP contribution in [0.1, 0.15) is 37.7 Å². The molecule has 4 aliphatic rings. The zero-order valence-electron chi connectivity index (χ0n) is 17.1. The fraction of sp³-hybridized carbons (Fsp3) is 0.565. The van der Waals surface area contributed by atoms with Crippen molar-refractivity contribution in [3.05, 3.63) is 35.9 Å². The van der Waals surface area contributed by atoms with E-state index in [0.717, 1.165) is 5.56 Å². The monoisotopic (exact) mass is 418 g/mol. The van der Waals surface area contributed by atoms with Gasteiger partial charge >= 0.3 is 0 Å². The molecule has 1 saturated carbocycles. The fourth-order valence-corrected chi connectivity index (χ4v) is 5.98. The van der Waals surface area contributed by atoms with Gasteiger partial charge in [-0.25, -0.2) is 0 Å². The third-order valence-corrected chi connectivity index (χ3v) is 7.55. The maximum atomic E-state index is 10.5. The number of hydrogen-bond acceptors (Lipinski definition) is 8. The lowest BCUT2D eigenvalue weighted by Crippen LogP contribution is -2.66. The largest absolute Gasteiger partial charge is 0.447 e. The summed E-state index contributed by atoms with van der Waals surface area (Å²) < 4.78 is 24.2. The lowest BCUT2D eigenvalue weighted by atomic mass is 9.50. The number of rotatable bonds is 2. The van der Waals surface area contributed by atoms with Gasteiger partial charge in [-0.05, 0) is 5.56 Å². The van der Waals surface area contributed by atoms with Gasteiger partial charge in [-0.15, -0.1) is 0 Å². The van der Waals surface area contributed by atoms with Gasteiger partial charge in [-0.3, -0.25) is 5.41 Å². The number of nitrogens with one attached hydrogen (secondary N) is 1. The molecule has 3 aliphatic heterocycles. The third-order valence-electron chi connectivity index (χ3n) is 7.55. The Balaban J connectivity index is 1.68. The van der Waals surface area contributed by atoms with Crippen LogP contribution in [0.15, 0.2) is 30.3 Å². The van der Waals surface area contributed by atoms with Gasteiger partial charge in [0.05, 0.1) is 37.3 Å². The normalized spacial score (nSPS) is 37.7. The van der Waals surface area contributed by atoms with Crippen molar-refractivity contribution in [3.8, 4) is 18.2 Å². The van der Waals surface area contributed by atoms with Gasteiger partial charge in [-0.1, -0.05) is 37.3 Å². The number of hydrogen-bond donors (Lipinski definition) is 1. The average molecular weight is 418 g/mol. The molecule has 158 valence electrons. The molecule has 0 amide bonds. The molecule has 8 heteroatoms. The van der Waals surface area contributed by atoms with Crippen LogP contribution >= 0.6 is 0 Å². The second-order valence-corrected chi connectivity index (χ2v) is 8.80. The van der Waals surface area contributed by atoms with E-state index < -0.39 is 34.4 Å². The summed E-state index contributed by atoms with van der Waals surface area (Å²) >= 11 is 0. The Labute approximate surface area is 180 Å². The van der Waals surface area contributed by atoms with Crippen molar-refractivity contribution < 1.29 is 18.9 Å². The number of nitrogens with zero attached hydrogens (tertiary/aromatic N) is 3. The van der Waals surface area contributed by atoms with Crippen molar-refractivity contribution in [2.24, 2.45) is 16.7 Å². The van der Waals surface area contributed by atoms with Gasteiger partial charge in [0.15, 0.2) is 16.6 Å². The Kier molecular flexibility index (Phi) is 4.20. The highest BCUT2D eigenvalue weighted by Crippen LogP contribution is 2.69. The lowest BCUT2D eigenvalue weighted by Gasteiger charge is -2.55. The maximum Gasteiger partial charge on any atom is 0.217 e. The van der Waals surface area contributed by atoms with E-state index in [1.54, 1.807) is 0 Å². The van der Waals surface area contributed by atoms with E-state index >= 15 is 0 Å². The molecule has 5 unspecified atom stereocenters. The standard InChI is InChI=1S/C23H22N4O4/c1-15(16-5-3-2-4-6-16)18-20(12-24,13-25)22(14-26)17-11-21(28-9-10-29-21)7-8-23(17,30-18)31-19(22)27/h2-6,15,17-18,27H,7-11H2,1H3. The number of benzene rings is 1. The quantitative estimate of drug-likeness (QED) is 0.781. The van der Waals surface area contributed by atoms with Crippen molar-refractivity contribution in [3.63, 3.8) is 0 Å². The zero-order valence-corrected chi connectivity index (χ0v) is 17.1. The third kappa shape index (κ3) is 2.29. The Hall–Kier alpha value is -2.96. The van der Waals surface area contributed by atoms with Crippen LogP contribution in [0.2, 0.25) is 0 Å². The Morgan fingerprint density at radius 2 is 1.71 bits per heavy atom. The van der Waals surface area contributed by atoms with E-state index in [1.807, 2.05) is 37.3 Å². The summed E-state index contributed by atoms with van der Waals surface area (Å²) in [4.78, 5) is 0. The van der Waals surface area contributed by atoms with Crippen LogP contribution < -0.4 is 0 Å². The van der Waals surface area contributed by atoms with E-state index in [4.69, 9.17) is 24.4 Å². The molecule has 1 spiro atoms. The molecule has 2 bridgehead atoms. The van der Waals surface area contributed by atoms with Gasteiger partial charge < -0.3 is 18.9 Å². The molecule has 3 heterocycles. The summed E-state index contributed by atoms with van der Waals surface area (Å²) in [5, 5.41) is 39.9. The molecule has 8 nitrogen and oxygen atoms in total. The average Bonchev–Trinajstić information content (AvgIpc) is 3.33. The fourth-order valence-electron chi connectivity index (χ4n) is 5.98. The molecule has 0 radical (unpaired) electrons. The van der Waals surface area contributed by atoms with Crippen LogP contribution in [0, 0.1) is 56.2 Å². The Morgan fingerprint density at radius 3 is 2.32 bits per heavy atom. The van der Waals surface area contributed by atoms with Crippen LogP contribution in [0.5, 0.6) is 0 Å². The minimum Gasteiger partial charge on any atom is -0.447 e. The summed E-state index contributed by atoms with van der Waals surface area (Å²) in [5.41, 5.74) is -2.84. The number of ether oxygens (including phenoxy) is 4. The van der Waals surface area contributed by atoms with Crippen LogP contribution in [0.25, 0.3) is 0 Å². The first-order chi connectivity index (χ1) is 14.9. The van der Waals surface area contributed by atoms with E-state index in [1.165, 1.54) is 0 Å². The van der Waals surface area contributed by atoms with Crippen LogP contribution in [0.4, 0.5) is 0 Å². The molecular weight excluding hydrogens is 396 g/mol. The molecule has 5 rings (SSSR count). The summed E-state index contributed by atoms with van der Waals surface area (Å²) in [6.45, 7) is 2.75. The van der Waals surface area contributed by atoms with E-state index in [2.05, 4.69) is 18.2 Å². The highest BCUT2D eigenvalue weighted by molar-refractivity contribution is 5.89. The van der Waals surface area contributed by atoms with E-state index in [9.17, 15) is 15.8 Å². The summed E-state index contributed by atoms with van der Waals surface area (Å²) in [6, 6.07) is 15.9. The molecule has 1 aliphatic carbocycles. The summed E-state index contributed by atoms with van der Waals surface area (Å²) in [7, 11) is 0. The van der Waals surface area contributed by atoms with Crippen molar-refractivity contribution in [1.29, 1.82) is 21.2 Å². The zero-order chi connectivity index (χ0) is 21.9. The van der Waals surface area contributed by atoms with Gasteiger partial charge in [-0.2, -0.15) is 15.8 Å². The minimum atomic E-state index is -1.93. The molecule has 4 fully saturated rings. The van der Waals surface area contributed by atoms with E-state index in [0.29, 0.717) is 26.1 Å². The molecule has 31 heavy (non-hydrogen) atoms. The Bertz CT molecular complexity index is 1030.